The molecule has 4 rings (SSSR count). The molecule has 0 saturated carbocycles. The maximum Gasteiger partial charge on any atom is 0.240 e. The Balaban J connectivity index is 1.41. The Morgan fingerprint density at radius 3 is 2.55 bits per heavy atom. The van der Waals surface area contributed by atoms with Crippen molar-refractivity contribution in [3.05, 3.63) is 95.6 Å². The zero-order chi connectivity index (χ0) is 28.7. The van der Waals surface area contributed by atoms with Crippen LogP contribution < -0.4 is 15.4 Å². The first-order valence-electron chi connectivity index (χ1n) is 13.6. The predicted octanol–water partition coefficient (Wildman–Crippen LogP) is 4.17. The lowest BCUT2D eigenvalue weighted by molar-refractivity contribution is -0.127. The van der Waals surface area contributed by atoms with Crippen molar-refractivity contribution < 1.29 is 23.1 Å². The molecular formula is C31H37N3O5S. The first-order chi connectivity index (χ1) is 19.1. The lowest BCUT2D eigenvalue weighted by atomic mass is 9.90. The number of amides is 2. The fraction of sp³-hybridized carbons (Fsp3) is 0.355. The average Bonchev–Trinajstić information content (AvgIpc) is 3.25. The van der Waals surface area contributed by atoms with Crippen LogP contribution in [0.5, 0.6) is 0 Å². The van der Waals surface area contributed by atoms with Gasteiger partial charge in [0, 0.05) is 31.5 Å². The van der Waals surface area contributed by atoms with E-state index >= 15 is 0 Å². The minimum Gasteiger partial charge on any atom is -0.390 e. The van der Waals surface area contributed by atoms with Crippen molar-refractivity contribution in [3.63, 3.8) is 0 Å². The Bertz CT molecular complexity index is 1410. The van der Waals surface area contributed by atoms with Crippen LogP contribution in [0.25, 0.3) is 0 Å². The molecule has 40 heavy (non-hydrogen) atoms. The largest absolute Gasteiger partial charge is 0.390 e. The number of fused-ring (bicyclic) bond motifs is 1. The third kappa shape index (κ3) is 7.78. The number of aliphatic hydroxyl groups excluding tert-OH is 1. The highest BCUT2D eigenvalue weighted by molar-refractivity contribution is 7.89. The highest BCUT2D eigenvalue weighted by Crippen LogP contribution is 2.32. The Hall–Kier alpha value is -3.53. The van der Waals surface area contributed by atoms with E-state index in [0.717, 1.165) is 23.1 Å². The Labute approximate surface area is 236 Å². The van der Waals surface area contributed by atoms with Gasteiger partial charge in [0.15, 0.2) is 0 Å². The van der Waals surface area contributed by atoms with Crippen LogP contribution >= 0.6 is 0 Å². The van der Waals surface area contributed by atoms with Gasteiger partial charge in [-0.25, -0.2) is 13.1 Å². The molecule has 2 aliphatic rings. The minimum atomic E-state index is -3.77. The van der Waals surface area contributed by atoms with Crippen molar-refractivity contribution >= 4 is 27.5 Å². The molecule has 2 aliphatic carbocycles. The molecule has 0 bridgehead atoms. The van der Waals surface area contributed by atoms with E-state index in [-0.39, 0.29) is 29.2 Å². The number of benzene rings is 2. The second kappa shape index (κ2) is 13.2. The number of allylic oxidation sites excluding steroid dienone is 6. The number of hydrogen-bond donors (Lipinski definition) is 4. The van der Waals surface area contributed by atoms with Gasteiger partial charge in [-0.2, -0.15) is 0 Å². The van der Waals surface area contributed by atoms with Crippen molar-refractivity contribution in [1.82, 2.24) is 10.0 Å². The second-order valence-corrected chi connectivity index (χ2v) is 12.3. The third-order valence-corrected chi connectivity index (χ3v) is 8.68. The maximum absolute atomic E-state index is 13.5. The summed E-state index contributed by atoms with van der Waals surface area (Å²) >= 11 is 0. The predicted molar refractivity (Wildman–Crippen MR) is 156 cm³/mol. The molecule has 4 unspecified atom stereocenters. The molecule has 0 saturated heterocycles. The fourth-order valence-corrected chi connectivity index (χ4v) is 6.29. The highest BCUT2D eigenvalue weighted by atomic mass is 32.2. The van der Waals surface area contributed by atoms with Gasteiger partial charge in [-0.15, -0.1) is 0 Å². The lowest BCUT2D eigenvalue weighted by Crippen LogP contribution is -2.39. The van der Waals surface area contributed by atoms with Gasteiger partial charge in [-0.05, 0) is 66.1 Å². The third-order valence-electron chi connectivity index (χ3n) is 7.24. The Morgan fingerprint density at radius 2 is 1.85 bits per heavy atom. The molecule has 0 heterocycles. The zero-order valence-electron chi connectivity index (χ0n) is 22.8. The molecule has 0 radical (unpaired) electrons. The summed E-state index contributed by atoms with van der Waals surface area (Å²) in [7, 11) is -3.77. The standard InChI is InChI=1S/C31H37N3O5S/c1-21(20-32-40(38,39)27-16-14-26(15-17-27)33-22(2)35)18-25(13-12-23-8-4-3-5-9-23)31(37)34-30-28-11-7-6-10-24(28)19-29(30)36/h3-8,10-12,14-17,21,25,29-30,32,36H,9,13,18-20H2,1-2H3,(H,33,35)(H,34,37). The van der Waals surface area contributed by atoms with Crippen LogP contribution in [0.15, 0.2) is 89.4 Å². The van der Waals surface area contributed by atoms with Crippen LogP contribution in [0.3, 0.4) is 0 Å². The molecule has 4 atom stereocenters. The molecule has 0 aromatic heterocycles. The molecule has 0 spiro atoms. The van der Waals surface area contributed by atoms with Gasteiger partial charge in [0.1, 0.15) is 0 Å². The summed E-state index contributed by atoms with van der Waals surface area (Å²) in [4.78, 5) is 24.9. The quantitative estimate of drug-likeness (QED) is 0.327. The summed E-state index contributed by atoms with van der Waals surface area (Å²) in [5.74, 6) is -0.927. The minimum absolute atomic E-state index is 0.0962. The van der Waals surface area contributed by atoms with Gasteiger partial charge >= 0.3 is 0 Å². The van der Waals surface area contributed by atoms with E-state index in [1.54, 1.807) is 0 Å². The maximum atomic E-state index is 13.5. The molecule has 0 aliphatic heterocycles. The van der Waals surface area contributed by atoms with E-state index in [1.807, 2.05) is 49.4 Å². The number of aliphatic hydroxyl groups is 1. The topological polar surface area (TPSA) is 125 Å². The number of anilines is 1. The van der Waals surface area contributed by atoms with Crippen LogP contribution in [0.2, 0.25) is 0 Å². The van der Waals surface area contributed by atoms with Crippen molar-refractivity contribution in [2.75, 3.05) is 11.9 Å². The van der Waals surface area contributed by atoms with Crippen molar-refractivity contribution in [1.29, 1.82) is 0 Å². The van der Waals surface area contributed by atoms with Gasteiger partial charge < -0.3 is 15.7 Å². The first-order valence-corrected chi connectivity index (χ1v) is 15.1. The molecule has 212 valence electrons. The van der Waals surface area contributed by atoms with E-state index in [1.165, 1.54) is 31.2 Å². The van der Waals surface area contributed by atoms with Crippen LogP contribution in [0, 0.1) is 11.8 Å². The summed E-state index contributed by atoms with van der Waals surface area (Å²) in [6, 6.07) is 13.2. The zero-order valence-corrected chi connectivity index (χ0v) is 23.7. The summed E-state index contributed by atoms with van der Waals surface area (Å²) in [6.07, 6.45) is 11.7. The molecule has 2 amide bonds. The fourth-order valence-electron chi connectivity index (χ4n) is 5.13. The van der Waals surface area contributed by atoms with Crippen LogP contribution in [0.4, 0.5) is 5.69 Å². The SMILES string of the molecule is CC(=O)Nc1ccc(S(=O)(=O)NCC(C)CC(CC=C2C=CC=CC2)C(=O)NC2c3ccccc3CC2O)cc1. The Kier molecular flexibility index (Phi) is 9.73. The molecule has 9 heteroatoms. The van der Waals surface area contributed by atoms with Crippen LogP contribution in [-0.2, 0) is 26.0 Å². The molecule has 8 nitrogen and oxygen atoms in total. The summed E-state index contributed by atoms with van der Waals surface area (Å²) < 4.78 is 28.4. The molecule has 0 fully saturated rings. The van der Waals surface area contributed by atoms with E-state index in [4.69, 9.17) is 0 Å². The van der Waals surface area contributed by atoms with E-state index < -0.39 is 28.1 Å². The van der Waals surface area contributed by atoms with Crippen LogP contribution in [0.1, 0.15) is 50.3 Å². The van der Waals surface area contributed by atoms with E-state index in [0.29, 0.717) is 24.9 Å². The highest BCUT2D eigenvalue weighted by Gasteiger charge is 2.33. The van der Waals surface area contributed by atoms with Crippen molar-refractivity contribution in [3.8, 4) is 0 Å². The number of sulfonamides is 1. The average molecular weight is 564 g/mol. The first kappa shape index (κ1) is 29.5. The number of carbonyl (C=O) groups is 2. The summed E-state index contributed by atoms with van der Waals surface area (Å²) in [5, 5.41) is 16.3. The number of hydrogen-bond acceptors (Lipinski definition) is 5. The second-order valence-electron chi connectivity index (χ2n) is 10.6. The summed E-state index contributed by atoms with van der Waals surface area (Å²) in [6.45, 7) is 3.46. The van der Waals surface area contributed by atoms with Gasteiger partial charge in [0.05, 0.1) is 17.0 Å². The number of carbonyl (C=O) groups excluding carboxylic acids is 2. The Morgan fingerprint density at radius 1 is 1.10 bits per heavy atom. The summed E-state index contributed by atoms with van der Waals surface area (Å²) in [5.41, 5.74) is 3.61. The monoisotopic (exact) mass is 563 g/mol. The molecule has 4 N–H and O–H groups in total. The number of rotatable bonds is 11. The smallest absolute Gasteiger partial charge is 0.240 e. The van der Waals surface area contributed by atoms with Gasteiger partial charge in [0.2, 0.25) is 21.8 Å². The number of nitrogens with one attached hydrogen (secondary N) is 3. The van der Waals surface area contributed by atoms with Gasteiger partial charge in [0.25, 0.3) is 0 Å². The molecule has 2 aromatic rings. The normalized spacial score (nSPS) is 20.6. The van der Waals surface area contributed by atoms with Crippen molar-refractivity contribution in [2.45, 2.75) is 56.6 Å². The lowest BCUT2D eigenvalue weighted by Gasteiger charge is -2.24. The van der Waals surface area contributed by atoms with Gasteiger partial charge in [-0.1, -0.05) is 61.6 Å². The van der Waals surface area contributed by atoms with Crippen LogP contribution in [-0.4, -0.2) is 38.0 Å². The van der Waals surface area contributed by atoms with Crippen molar-refractivity contribution in [2.24, 2.45) is 11.8 Å². The van der Waals surface area contributed by atoms with E-state index in [9.17, 15) is 23.1 Å². The molecular weight excluding hydrogens is 526 g/mol. The molecule has 2 aromatic carbocycles. The van der Waals surface area contributed by atoms with E-state index in [2.05, 4.69) is 27.5 Å². The van der Waals surface area contributed by atoms with Gasteiger partial charge in [-0.3, -0.25) is 9.59 Å².